The lowest BCUT2D eigenvalue weighted by Crippen LogP contribution is -2.25. The molecular weight excluding hydrogens is 394 g/mol. The SMILES string of the molecule is C=C[C@H]([C@H](O)CC/C(=C/c1cc(C)c(O)c(C)c1)CC)[C@H](O)c1ccc([N+](=O)[O-])cc1. The Morgan fingerprint density at radius 2 is 1.74 bits per heavy atom. The number of nitro benzene ring substituents is 1. The molecule has 3 N–H and O–H groups in total. The number of benzene rings is 2. The van der Waals surface area contributed by atoms with Crippen LogP contribution in [-0.4, -0.2) is 26.3 Å². The fraction of sp³-hybridized carbons (Fsp3) is 0.360. The Kier molecular flexibility index (Phi) is 8.54. The number of aliphatic hydroxyl groups excluding tert-OH is 2. The fourth-order valence-electron chi connectivity index (χ4n) is 3.70. The van der Waals surface area contributed by atoms with Crippen molar-refractivity contribution >= 4 is 11.8 Å². The molecular formula is C25H31NO5. The Morgan fingerprint density at radius 3 is 2.23 bits per heavy atom. The zero-order valence-electron chi connectivity index (χ0n) is 18.3. The molecule has 0 aliphatic carbocycles. The number of aryl methyl sites for hydroxylation is 2. The average Bonchev–Trinajstić information content (AvgIpc) is 2.75. The van der Waals surface area contributed by atoms with Gasteiger partial charge in [0, 0.05) is 18.1 Å². The number of phenols is 1. The van der Waals surface area contributed by atoms with Gasteiger partial charge in [-0.1, -0.05) is 24.6 Å². The van der Waals surface area contributed by atoms with E-state index in [2.05, 4.69) is 19.6 Å². The molecule has 0 bridgehead atoms. The van der Waals surface area contributed by atoms with Gasteiger partial charge >= 0.3 is 0 Å². The summed E-state index contributed by atoms with van der Waals surface area (Å²) in [6.07, 6.45) is 3.67. The van der Waals surface area contributed by atoms with Crippen molar-refractivity contribution in [3.63, 3.8) is 0 Å². The molecule has 0 aliphatic heterocycles. The molecule has 2 aromatic rings. The molecule has 0 saturated heterocycles. The second-order valence-corrected chi connectivity index (χ2v) is 7.87. The summed E-state index contributed by atoms with van der Waals surface area (Å²) < 4.78 is 0. The van der Waals surface area contributed by atoms with E-state index >= 15 is 0 Å². The molecule has 0 radical (unpaired) electrons. The number of hydrogen-bond donors (Lipinski definition) is 3. The molecule has 0 aromatic heterocycles. The number of nitrogens with zero attached hydrogens (tertiary/aromatic N) is 1. The minimum absolute atomic E-state index is 0.0518. The van der Waals surface area contributed by atoms with Crippen LogP contribution in [0.25, 0.3) is 6.08 Å². The van der Waals surface area contributed by atoms with Crippen molar-refractivity contribution in [2.24, 2.45) is 5.92 Å². The van der Waals surface area contributed by atoms with Crippen molar-refractivity contribution in [2.75, 3.05) is 0 Å². The molecule has 31 heavy (non-hydrogen) atoms. The third kappa shape index (κ3) is 6.26. The van der Waals surface area contributed by atoms with E-state index in [1.54, 1.807) is 0 Å². The number of non-ortho nitro benzene ring substituents is 1. The van der Waals surface area contributed by atoms with E-state index in [4.69, 9.17) is 0 Å². The zero-order valence-corrected chi connectivity index (χ0v) is 18.3. The van der Waals surface area contributed by atoms with Crippen LogP contribution in [0.3, 0.4) is 0 Å². The summed E-state index contributed by atoms with van der Waals surface area (Å²) in [6, 6.07) is 9.53. The number of phenolic OH excluding ortho intramolecular Hbond substituents is 1. The standard InChI is InChI=1S/C25H31NO5/c1-5-18(15-19-13-16(3)24(28)17(4)14-19)7-12-23(27)22(6-2)25(29)20-8-10-21(11-9-20)26(30)31/h6,8-11,13-15,22-23,25,27-29H,2,5,7,12H2,1,3-4H3/b18-15+/t22-,23-,25-/m1/s1. The van der Waals surface area contributed by atoms with Gasteiger partial charge in [0.15, 0.2) is 0 Å². The molecule has 166 valence electrons. The summed E-state index contributed by atoms with van der Waals surface area (Å²) >= 11 is 0. The van der Waals surface area contributed by atoms with Crippen molar-refractivity contribution in [1.82, 2.24) is 0 Å². The third-order valence-electron chi connectivity index (χ3n) is 5.63. The zero-order chi connectivity index (χ0) is 23.1. The van der Waals surface area contributed by atoms with Crippen molar-refractivity contribution in [3.05, 3.63) is 87.0 Å². The van der Waals surface area contributed by atoms with E-state index in [-0.39, 0.29) is 5.69 Å². The molecule has 0 heterocycles. The number of allylic oxidation sites excluding steroid dienone is 1. The van der Waals surface area contributed by atoms with Gasteiger partial charge in [0.2, 0.25) is 0 Å². The highest BCUT2D eigenvalue weighted by Gasteiger charge is 2.26. The summed E-state index contributed by atoms with van der Waals surface area (Å²) in [5.41, 5.74) is 4.24. The van der Waals surface area contributed by atoms with Crippen LogP contribution in [0, 0.1) is 29.9 Å². The Morgan fingerprint density at radius 1 is 1.16 bits per heavy atom. The van der Waals surface area contributed by atoms with Gasteiger partial charge in [-0.25, -0.2) is 0 Å². The average molecular weight is 426 g/mol. The van der Waals surface area contributed by atoms with E-state index in [9.17, 15) is 25.4 Å². The second kappa shape index (κ2) is 10.9. The second-order valence-electron chi connectivity index (χ2n) is 7.87. The van der Waals surface area contributed by atoms with Crippen LogP contribution in [0.4, 0.5) is 5.69 Å². The molecule has 0 fully saturated rings. The van der Waals surface area contributed by atoms with Crippen LogP contribution < -0.4 is 0 Å². The highest BCUT2D eigenvalue weighted by atomic mass is 16.6. The predicted octanol–water partition coefficient (Wildman–Crippen LogP) is 5.39. The first-order chi connectivity index (χ1) is 14.7. The van der Waals surface area contributed by atoms with E-state index in [0.717, 1.165) is 28.7 Å². The third-order valence-corrected chi connectivity index (χ3v) is 5.63. The summed E-state index contributed by atoms with van der Waals surface area (Å²) in [5, 5.41) is 42.2. The number of aromatic hydroxyl groups is 1. The van der Waals surface area contributed by atoms with Crippen molar-refractivity contribution in [1.29, 1.82) is 0 Å². The van der Waals surface area contributed by atoms with Crippen molar-refractivity contribution in [3.8, 4) is 5.75 Å². The summed E-state index contributed by atoms with van der Waals surface area (Å²) in [7, 11) is 0. The molecule has 0 amide bonds. The topological polar surface area (TPSA) is 104 Å². The Balaban J connectivity index is 2.09. The lowest BCUT2D eigenvalue weighted by Gasteiger charge is -2.25. The van der Waals surface area contributed by atoms with Crippen LogP contribution in [0.1, 0.15) is 54.5 Å². The molecule has 0 saturated carbocycles. The molecule has 6 heteroatoms. The minimum atomic E-state index is -1.01. The fourth-order valence-corrected chi connectivity index (χ4v) is 3.70. The largest absolute Gasteiger partial charge is 0.507 e. The number of nitro groups is 1. The van der Waals surface area contributed by atoms with Gasteiger partial charge < -0.3 is 15.3 Å². The van der Waals surface area contributed by atoms with E-state index in [1.807, 2.05) is 26.0 Å². The Labute approximate surface area is 183 Å². The van der Waals surface area contributed by atoms with Crippen LogP contribution in [0.2, 0.25) is 0 Å². The maximum atomic E-state index is 10.8. The van der Waals surface area contributed by atoms with Crippen molar-refractivity contribution in [2.45, 2.75) is 52.2 Å². The molecule has 0 unspecified atom stereocenters. The summed E-state index contributed by atoms with van der Waals surface area (Å²) in [6.45, 7) is 9.53. The van der Waals surface area contributed by atoms with Crippen LogP contribution in [0.5, 0.6) is 5.75 Å². The maximum absolute atomic E-state index is 10.8. The summed E-state index contributed by atoms with van der Waals surface area (Å²) in [4.78, 5) is 10.3. The first-order valence-electron chi connectivity index (χ1n) is 10.4. The van der Waals surface area contributed by atoms with Gasteiger partial charge in [0.05, 0.1) is 17.1 Å². The first kappa shape index (κ1) is 24.3. The quantitative estimate of drug-likeness (QED) is 0.269. The number of hydrogen-bond acceptors (Lipinski definition) is 5. The molecule has 2 rings (SSSR count). The number of rotatable bonds is 10. The van der Waals surface area contributed by atoms with E-state index in [0.29, 0.717) is 24.2 Å². The first-order valence-corrected chi connectivity index (χ1v) is 10.4. The summed E-state index contributed by atoms with van der Waals surface area (Å²) in [5.74, 6) is -0.294. The highest BCUT2D eigenvalue weighted by molar-refractivity contribution is 5.58. The monoisotopic (exact) mass is 425 g/mol. The Hall–Kier alpha value is -2.96. The van der Waals surface area contributed by atoms with Gasteiger partial charge in [-0.3, -0.25) is 10.1 Å². The van der Waals surface area contributed by atoms with Gasteiger partial charge in [-0.15, -0.1) is 6.58 Å². The van der Waals surface area contributed by atoms with Gasteiger partial charge in [-0.05, 0) is 79.6 Å². The molecule has 2 aromatic carbocycles. The van der Waals surface area contributed by atoms with Gasteiger partial charge in [0.25, 0.3) is 5.69 Å². The number of aliphatic hydroxyl groups is 2. The molecule has 6 nitrogen and oxygen atoms in total. The normalized spacial score (nSPS) is 14.7. The van der Waals surface area contributed by atoms with Gasteiger partial charge in [0.1, 0.15) is 5.75 Å². The van der Waals surface area contributed by atoms with Crippen LogP contribution in [-0.2, 0) is 0 Å². The maximum Gasteiger partial charge on any atom is 0.269 e. The van der Waals surface area contributed by atoms with Crippen LogP contribution in [0.15, 0.2) is 54.6 Å². The Bertz CT molecular complexity index is 926. The minimum Gasteiger partial charge on any atom is -0.507 e. The van der Waals surface area contributed by atoms with Crippen molar-refractivity contribution < 1.29 is 20.2 Å². The van der Waals surface area contributed by atoms with E-state index < -0.39 is 23.0 Å². The molecule has 3 atom stereocenters. The van der Waals surface area contributed by atoms with Gasteiger partial charge in [-0.2, -0.15) is 0 Å². The lowest BCUT2D eigenvalue weighted by atomic mass is 9.87. The van der Waals surface area contributed by atoms with Crippen LogP contribution >= 0.6 is 0 Å². The highest BCUT2D eigenvalue weighted by Crippen LogP contribution is 2.30. The molecule has 0 aliphatic rings. The predicted molar refractivity (Wildman–Crippen MR) is 123 cm³/mol. The lowest BCUT2D eigenvalue weighted by molar-refractivity contribution is -0.384. The molecule has 0 spiro atoms. The van der Waals surface area contributed by atoms with E-state index in [1.165, 1.54) is 30.3 Å². The smallest absolute Gasteiger partial charge is 0.269 e.